The van der Waals surface area contributed by atoms with E-state index in [1.54, 1.807) is 0 Å². The average Bonchev–Trinajstić information content (AvgIpc) is 2.44. The molecule has 0 saturated carbocycles. The average molecular weight is 290 g/mol. The molecule has 1 heterocycles. The van der Waals surface area contributed by atoms with Gasteiger partial charge in [-0.05, 0) is 39.8 Å². The highest BCUT2D eigenvalue weighted by Gasteiger charge is 2.30. The summed E-state index contributed by atoms with van der Waals surface area (Å²) in [4.78, 5) is 2.56. The monoisotopic (exact) mass is 290 g/mol. The molecule has 1 N–H and O–H groups in total. The zero-order valence-electron chi connectivity index (χ0n) is 14.1. The fourth-order valence-corrected chi connectivity index (χ4v) is 3.32. The lowest BCUT2D eigenvalue weighted by atomic mass is 9.97. The van der Waals surface area contributed by atoms with Gasteiger partial charge in [0.05, 0.1) is 12.2 Å². The van der Waals surface area contributed by atoms with Gasteiger partial charge in [0.1, 0.15) is 0 Å². The van der Waals surface area contributed by atoms with Crippen LogP contribution in [0.2, 0.25) is 0 Å². The second kappa shape index (κ2) is 7.39. The third-order valence-electron chi connectivity index (χ3n) is 4.37. The van der Waals surface area contributed by atoms with E-state index >= 15 is 0 Å². The summed E-state index contributed by atoms with van der Waals surface area (Å²) < 4.78 is 5.87. The standard InChI is InChI=1S/C18H30N2O/c1-6-19-18(17-9-7-13(2)8-10-17)16(5)20-11-14(3)21-15(4)12-20/h7-10,14-16,18-19H,6,11-12H2,1-5H3. The van der Waals surface area contributed by atoms with E-state index in [0.717, 1.165) is 19.6 Å². The van der Waals surface area contributed by atoms with Crippen molar-refractivity contribution in [1.82, 2.24) is 10.2 Å². The Labute approximate surface area is 129 Å². The first-order valence-corrected chi connectivity index (χ1v) is 8.20. The van der Waals surface area contributed by atoms with E-state index in [1.807, 2.05) is 0 Å². The number of hydrogen-bond acceptors (Lipinski definition) is 3. The van der Waals surface area contributed by atoms with Crippen LogP contribution in [0.15, 0.2) is 24.3 Å². The molecule has 1 aliphatic rings. The molecule has 118 valence electrons. The lowest BCUT2D eigenvalue weighted by Crippen LogP contribution is -2.52. The number of nitrogens with zero attached hydrogens (tertiary/aromatic N) is 1. The van der Waals surface area contributed by atoms with Crippen LogP contribution in [0, 0.1) is 6.92 Å². The predicted molar refractivity (Wildman–Crippen MR) is 88.6 cm³/mol. The molecule has 0 aromatic heterocycles. The van der Waals surface area contributed by atoms with E-state index in [-0.39, 0.29) is 0 Å². The van der Waals surface area contributed by atoms with Crippen molar-refractivity contribution in [3.05, 3.63) is 35.4 Å². The molecule has 4 unspecified atom stereocenters. The highest BCUT2D eigenvalue weighted by Crippen LogP contribution is 2.24. The first-order chi connectivity index (χ1) is 10.0. The van der Waals surface area contributed by atoms with Crippen LogP contribution < -0.4 is 5.32 Å². The van der Waals surface area contributed by atoms with Gasteiger partial charge in [-0.3, -0.25) is 4.90 Å². The van der Waals surface area contributed by atoms with E-state index in [0.29, 0.717) is 24.3 Å². The molecule has 0 amide bonds. The van der Waals surface area contributed by atoms with Gasteiger partial charge in [-0.1, -0.05) is 36.8 Å². The van der Waals surface area contributed by atoms with Gasteiger partial charge in [0.2, 0.25) is 0 Å². The quantitative estimate of drug-likeness (QED) is 0.901. The van der Waals surface area contributed by atoms with E-state index in [9.17, 15) is 0 Å². The van der Waals surface area contributed by atoms with Crippen LogP contribution in [0.25, 0.3) is 0 Å². The van der Waals surface area contributed by atoms with E-state index in [1.165, 1.54) is 11.1 Å². The zero-order chi connectivity index (χ0) is 15.4. The van der Waals surface area contributed by atoms with Crippen molar-refractivity contribution in [2.75, 3.05) is 19.6 Å². The highest BCUT2D eigenvalue weighted by atomic mass is 16.5. The van der Waals surface area contributed by atoms with Crippen LogP contribution in [0.5, 0.6) is 0 Å². The number of benzene rings is 1. The minimum Gasteiger partial charge on any atom is -0.373 e. The van der Waals surface area contributed by atoms with Crippen molar-refractivity contribution in [3.63, 3.8) is 0 Å². The Morgan fingerprint density at radius 3 is 2.29 bits per heavy atom. The fourth-order valence-electron chi connectivity index (χ4n) is 3.32. The summed E-state index contributed by atoms with van der Waals surface area (Å²) in [5, 5.41) is 3.66. The van der Waals surface area contributed by atoms with Gasteiger partial charge in [0.25, 0.3) is 0 Å². The number of rotatable bonds is 5. The molecule has 0 radical (unpaired) electrons. The van der Waals surface area contributed by atoms with Crippen molar-refractivity contribution >= 4 is 0 Å². The van der Waals surface area contributed by atoms with Crippen molar-refractivity contribution in [3.8, 4) is 0 Å². The molecule has 1 aromatic rings. The predicted octanol–water partition coefficient (Wildman–Crippen LogP) is 3.14. The van der Waals surface area contributed by atoms with Crippen molar-refractivity contribution in [1.29, 1.82) is 0 Å². The number of nitrogens with one attached hydrogen (secondary N) is 1. The molecule has 3 heteroatoms. The largest absolute Gasteiger partial charge is 0.373 e. The highest BCUT2D eigenvalue weighted by molar-refractivity contribution is 5.25. The summed E-state index contributed by atoms with van der Waals surface area (Å²) >= 11 is 0. The zero-order valence-corrected chi connectivity index (χ0v) is 14.1. The lowest BCUT2D eigenvalue weighted by Gasteiger charge is -2.42. The van der Waals surface area contributed by atoms with Crippen LogP contribution in [-0.2, 0) is 4.74 Å². The molecule has 1 aromatic carbocycles. The summed E-state index contributed by atoms with van der Waals surface area (Å²) in [5.41, 5.74) is 2.69. The lowest BCUT2D eigenvalue weighted by molar-refractivity contribution is -0.0822. The second-order valence-corrected chi connectivity index (χ2v) is 6.40. The SMILES string of the molecule is CCNC(c1ccc(C)cc1)C(C)N1CC(C)OC(C)C1. The van der Waals surface area contributed by atoms with Crippen molar-refractivity contribution in [2.24, 2.45) is 0 Å². The van der Waals surface area contributed by atoms with Gasteiger partial charge in [0.15, 0.2) is 0 Å². The van der Waals surface area contributed by atoms with E-state index in [2.05, 4.69) is 69.1 Å². The summed E-state index contributed by atoms with van der Waals surface area (Å²) in [6.07, 6.45) is 0.632. The molecule has 1 fully saturated rings. The number of hydrogen-bond donors (Lipinski definition) is 1. The molecule has 1 saturated heterocycles. The Bertz CT molecular complexity index is 421. The second-order valence-electron chi connectivity index (χ2n) is 6.40. The number of likely N-dealkylation sites (N-methyl/N-ethyl adjacent to an activating group) is 1. The van der Waals surface area contributed by atoms with Crippen molar-refractivity contribution in [2.45, 2.75) is 58.9 Å². The molecular weight excluding hydrogens is 260 g/mol. The van der Waals surface area contributed by atoms with Crippen LogP contribution in [0.3, 0.4) is 0 Å². The maximum absolute atomic E-state index is 5.87. The molecule has 3 nitrogen and oxygen atoms in total. The van der Waals surface area contributed by atoms with E-state index < -0.39 is 0 Å². The smallest absolute Gasteiger partial charge is 0.0678 e. The number of ether oxygens (including phenoxy) is 1. The Morgan fingerprint density at radius 2 is 1.76 bits per heavy atom. The maximum Gasteiger partial charge on any atom is 0.0678 e. The number of aryl methyl sites for hydroxylation is 1. The third kappa shape index (κ3) is 4.29. The normalized spacial score (nSPS) is 26.5. The third-order valence-corrected chi connectivity index (χ3v) is 4.37. The Kier molecular flexibility index (Phi) is 5.80. The Hall–Kier alpha value is -0.900. The minimum absolute atomic E-state index is 0.316. The van der Waals surface area contributed by atoms with Crippen LogP contribution in [0.1, 0.15) is 44.9 Å². The van der Waals surface area contributed by atoms with Crippen LogP contribution in [0.4, 0.5) is 0 Å². The molecule has 4 atom stereocenters. The summed E-state index contributed by atoms with van der Waals surface area (Å²) in [6, 6.07) is 9.75. The molecular formula is C18H30N2O. The summed E-state index contributed by atoms with van der Waals surface area (Å²) in [6.45, 7) is 14.0. The number of morpholine rings is 1. The molecule has 1 aliphatic heterocycles. The van der Waals surface area contributed by atoms with Crippen LogP contribution in [-0.4, -0.2) is 42.8 Å². The van der Waals surface area contributed by atoms with Gasteiger partial charge in [0, 0.05) is 25.2 Å². The Balaban J connectivity index is 2.14. The van der Waals surface area contributed by atoms with Gasteiger partial charge in [-0.15, -0.1) is 0 Å². The molecule has 2 rings (SSSR count). The van der Waals surface area contributed by atoms with Gasteiger partial charge < -0.3 is 10.1 Å². The Morgan fingerprint density at radius 1 is 1.19 bits per heavy atom. The minimum atomic E-state index is 0.316. The summed E-state index contributed by atoms with van der Waals surface area (Å²) in [5.74, 6) is 0. The summed E-state index contributed by atoms with van der Waals surface area (Å²) in [7, 11) is 0. The topological polar surface area (TPSA) is 24.5 Å². The first-order valence-electron chi connectivity index (χ1n) is 8.20. The molecule has 21 heavy (non-hydrogen) atoms. The van der Waals surface area contributed by atoms with Gasteiger partial charge in [-0.25, -0.2) is 0 Å². The first kappa shape index (κ1) is 16.5. The van der Waals surface area contributed by atoms with E-state index in [4.69, 9.17) is 4.74 Å². The maximum atomic E-state index is 5.87. The molecule has 0 spiro atoms. The van der Waals surface area contributed by atoms with Crippen LogP contribution >= 0.6 is 0 Å². The van der Waals surface area contributed by atoms with Gasteiger partial charge >= 0.3 is 0 Å². The fraction of sp³-hybridized carbons (Fsp3) is 0.667. The van der Waals surface area contributed by atoms with Gasteiger partial charge in [-0.2, -0.15) is 0 Å². The molecule has 0 bridgehead atoms. The molecule has 0 aliphatic carbocycles. The van der Waals surface area contributed by atoms with Crippen molar-refractivity contribution < 1.29 is 4.74 Å².